The Kier molecular flexibility index (Phi) is 10.1. The van der Waals surface area contributed by atoms with Crippen molar-refractivity contribution in [1.82, 2.24) is 0 Å². The highest BCUT2D eigenvalue weighted by Crippen LogP contribution is 2.29. The van der Waals surface area contributed by atoms with Crippen LogP contribution in [0.4, 0.5) is 0 Å². The van der Waals surface area contributed by atoms with Gasteiger partial charge < -0.3 is 0 Å². The van der Waals surface area contributed by atoms with Gasteiger partial charge in [-0.1, -0.05) is 70.7 Å². The molecule has 6 nitrogen and oxygen atoms in total. The molecule has 2 aromatic rings. The Morgan fingerprint density at radius 1 is 0.667 bits per heavy atom. The summed E-state index contributed by atoms with van der Waals surface area (Å²) in [5, 5.41) is 0. The summed E-state index contributed by atoms with van der Waals surface area (Å²) in [5.41, 5.74) is 2.17. The first-order valence-corrected chi connectivity index (χ1v) is 14.4. The highest BCUT2D eigenvalue weighted by Gasteiger charge is 2.15. The topological polar surface area (TPSA) is 109 Å². The third-order valence-electron chi connectivity index (χ3n) is 6.48. The molecule has 0 heterocycles. The van der Waals surface area contributed by atoms with Crippen LogP contribution in [0.15, 0.2) is 58.3 Å². The fourth-order valence-corrected chi connectivity index (χ4v) is 5.18. The molecule has 0 radical (unpaired) electrons. The quantitative estimate of drug-likeness (QED) is 0.243. The molecule has 0 aliphatic rings. The average molecular weight is 497 g/mol. The van der Waals surface area contributed by atoms with Crippen LogP contribution in [0.1, 0.15) is 88.7 Å². The minimum Gasteiger partial charge on any atom is -0.282 e. The molecule has 2 N–H and O–H groups in total. The molecule has 184 valence electrons. The molecule has 0 saturated carbocycles. The first-order valence-electron chi connectivity index (χ1n) is 11.6. The van der Waals surface area contributed by atoms with Crippen LogP contribution in [0.2, 0.25) is 0 Å². The van der Waals surface area contributed by atoms with Gasteiger partial charge in [0.05, 0.1) is 9.79 Å². The van der Waals surface area contributed by atoms with Crippen LogP contribution in [-0.2, 0) is 20.2 Å². The van der Waals surface area contributed by atoms with E-state index in [2.05, 4.69) is 20.8 Å². The van der Waals surface area contributed by atoms with E-state index in [0.29, 0.717) is 17.8 Å². The van der Waals surface area contributed by atoms with Crippen LogP contribution in [0, 0.1) is 5.92 Å². The summed E-state index contributed by atoms with van der Waals surface area (Å²) >= 11 is 0. The molecule has 0 fully saturated rings. The molecule has 0 spiro atoms. The molecule has 0 aliphatic carbocycles. The molecule has 0 amide bonds. The van der Waals surface area contributed by atoms with Gasteiger partial charge in [0.25, 0.3) is 20.2 Å². The van der Waals surface area contributed by atoms with Gasteiger partial charge >= 0.3 is 0 Å². The molecular formula is C25H36O6S2. The lowest BCUT2D eigenvalue weighted by Crippen LogP contribution is -2.03. The number of benzene rings is 2. The molecule has 0 aliphatic heterocycles. The lowest BCUT2D eigenvalue weighted by Gasteiger charge is -2.18. The van der Waals surface area contributed by atoms with E-state index in [4.69, 9.17) is 9.11 Å². The fraction of sp³-hybridized carbons (Fsp3) is 0.520. The highest BCUT2D eigenvalue weighted by atomic mass is 32.2. The van der Waals surface area contributed by atoms with E-state index in [1.165, 1.54) is 24.3 Å². The van der Waals surface area contributed by atoms with Crippen LogP contribution >= 0.6 is 0 Å². The zero-order valence-electron chi connectivity index (χ0n) is 19.6. The standard InChI is InChI=1S/C25H36O6S2/c1-4-21(23-13-17-25(18-14-23)33(29,30)31)8-6-5-7-19(2)9-10-20(3)22-11-15-24(16-12-22)32(26,27)28/h11-21H,4-10H2,1-3H3,(H,26,27,28)(H,29,30,31). The predicted molar refractivity (Wildman–Crippen MR) is 131 cm³/mol. The van der Waals surface area contributed by atoms with Crippen LogP contribution in [0.5, 0.6) is 0 Å². The van der Waals surface area contributed by atoms with Crippen LogP contribution < -0.4 is 0 Å². The van der Waals surface area contributed by atoms with E-state index < -0.39 is 20.2 Å². The molecule has 0 aromatic heterocycles. The highest BCUT2D eigenvalue weighted by molar-refractivity contribution is 7.86. The lowest BCUT2D eigenvalue weighted by atomic mass is 9.88. The zero-order chi connectivity index (χ0) is 24.6. The van der Waals surface area contributed by atoms with E-state index in [-0.39, 0.29) is 9.79 Å². The van der Waals surface area contributed by atoms with Crippen LogP contribution in [-0.4, -0.2) is 25.9 Å². The summed E-state index contributed by atoms with van der Waals surface area (Å²) in [6.07, 6.45) is 7.53. The molecule has 0 saturated heterocycles. The van der Waals surface area contributed by atoms with Gasteiger partial charge in [0.15, 0.2) is 0 Å². The van der Waals surface area contributed by atoms with Gasteiger partial charge in [-0.05, 0) is 72.4 Å². The summed E-state index contributed by atoms with van der Waals surface area (Å²) in [5.74, 6) is 1.29. The Morgan fingerprint density at radius 3 is 1.58 bits per heavy atom. The SMILES string of the molecule is CCC(CCCCC(C)CCC(C)c1ccc(S(=O)(=O)O)cc1)c1ccc(S(=O)(=O)O)cc1. The largest absolute Gasteiger partial charge is 0.294 e. The van der Waals surface area contributed by atoms with Gasteiger partial charge in [-0.25, -0.2) is 0 Å². The lowest BCUT2D eigenvalue weighted by molar-refractivity contribution is 0.424. The normalized spacial score (nSPS) is 15.2. The third-order valence-corrected chi connectivity index (χ3v) is 8.22. The minimum absolute atomic E-state index is 0.0708. The van der Waals surface area contributed by atoms with Crippen molar-refractivity contribution < 1.29 is 25.9 Å². The van der Waals surface area contributed by atoms with Gasteiger partial charge in [-0.2, -0.15) is 16.8 Å². The molecule has 8 heteroatoms. The average Bonchev–Trinajstić information content (AvgIpc) is 2.76. The maximum atomic E-state index is 11.2. The summed E-state index contributed by atoms with van der Waals surface area (Å²) in [7, 11) is -8.31. The Balaban J connectivity index is 1.74. The van der Waals surface area contributed by atoms with E-state index in [0.717, 1.165) is 56.1 Å². The van der Waals surface area contributed by atoms with Gasteiger partial charge in [-0.15, -0.1) is 0 Å². The van der Waals surface area contributed by atoms with Crippen molar-refractivity contribution in [3.05, 3.63) is 59.7 Å². The van der Waals surface area contributed by atoms with Crippen LogP contribution in [0.25, 0.3) is 0 Å². The molecule has 3 unspecified atom stereocenters. The van der Waals surface area contributed by atoms with Crippen molar-refractivity contribution in [2.45, 2.75) is 87.3 Å². The summed E-state index contributed by atoms with van der Waals surface area (Å²) in [4.78, 5) is -0.148. The molecule has 3 atom stereocenters. The van der Waals surface area contributed by atoms with Crippen molar-refractivity contribution >= 4 is 20.2 Å². The van der Waals surface area contributed by atoms with Crippen molar-refractivity contribution in [2.75, 3.05) is 0 Å². The molecular weight excluding hydrogens is 460 g/mol. The van der Waals surface area contributed by atoms with Gasteiger partial charge in [0, 0.05) is 0 Å². The summed E-state index contributed by atoms with van der Waals surface area (Å²) < 4.78 is 63.0. The second-order valence-corrected chi connectivity index (χ2v) is 11.9. The van der Waals surface area contributed by atoms with E-state index in [1.807, 2.05) is 0 Å². The second kappa shape index (κ2) is 12.1. The van der Waals surface area contributed by atoms with Crippen molar-refractivity contribution in [1.29, 1.82) is 0 Å². The number of hydrogen-bond donors (Lipinski definition) is 2. The molecule has 33 heavy (non-hydrogen) atoms. The fourth-order valence-electron chi connectivity index (χ4n) is 4.22. The van der Waals surface area contributed by atoms with Gasteiger partial charge in [0.2, 0.25) is 0 Å². The van der Waals surface area contributed by atoms with Crippen LogP contribution in [0.3, 0.4) is 0 Å². The Labute approximate surface area is 198 Å². The van der Waals surface area contributed by atoms with E-state index in [1.54, 1.807) is 24.3 Å². The van der Waals surface area contributed by atoms with Gasteiger partial charge in [0.1, 0.15) is 0 Å². The monoisotopic (exact) mass is 496 g/mol. The second-order valence-electron chi connectivity index (χ2n) is 9.06. The molecule has 2 rings (SSSR count). The zero-order valence-corrected chi connectivity index (χ0v) is 21.3. The summed E-state index contributed by atoms with van der Waals surface area (Å²) in [6, 6.07) is 13.0. The Bertz CT molecular complexity index is 1070. The number of unbranched alkanes of at least 4 members (excludes halogenated alkanes) is 1. The van der Waals surface area contributed by atoms with Gasteiger partial charge in [-0.3, -0.25) is 9.11 Å². The van der Waals surface area contributed by atoms with Crippen molar-refractivity contribution in [2.24, 2.45) is 5.92 Å². The van der Waals surface area contributed by atoms with E-state index in [9.17, 15) is 16.8 Å². The Morgan fingerprint density at radius 2 is 1.12 bits per heavy atom. The molecule has 2 aromatic carbocycles. The predicted octanol–water partition coefficient (Wildman–Crippen LogP) is 6.45. The maximum Gasteiger partial charge on any atom is 0.294 e. The smallest absolute Gasteiger partial charge is 0.282 e. The Hall–Kier alpha value is -1.74. The maximum absolute atomic E-state index is 11.2. The summed E-state index contributed by atoms with van der Waals surface area (Å²) in [6.45, 7) is 6.53. The van der Waals surface area contributed by atoms with Crippen molar-refractivity contribution in [3.63, 3.8) is 0 Å². The first-order chi connectivity index (χ1) is 15.4. The van der Waals surface area contributed by atoms with Crippen molar-refractivity contribution in [3.8, 4) is 0 Å². The third kappa shape index (κ3) is 8.85. The number of rotatable bonds is 13. The minimum atomic E-state index is -4.15. The first kappa shape index (κ1) is 27.5. The van der Waals surface area contributed by atoms with E-state index >= 15 is 0 Å². The number of hydrogen-bond acceptors (Lipinski definition) is 4. The molecule has 0 bridgehead atoms.